The fraction of sp³-hybridized carbons (Fsp3) is 0.400. The molecule has 3 N–H and O–H groups in total. The molecule has 0 radical (unpaired) electrons. The van der Waals surface area contributed by atoms with E-state index in [1.807, 2.05) is 18.4 Å². The van der Waals surface area contributed by atoms with Crippen molar-refractivity contribution in [2.45, 2.75) is 32.7 Å². The molecule has 26 heavy (non-hydrogen) atoms. The van der Waals surface area contributed by atoms with E-state index in [-0.39, 0.29) is 30.9 Å². The van der Waals surface area contributed by atoms with Crippen molar-refractivity contribution in [1.82, 2.24) is 16.0 Å². The van der Waals surface area contributed by atoms with Crippen molar-refractivity contribution in [3.05, 3.63) is 57.8 Å². The Kier molecular flexibility index (Phi) is 8.31. The highest BCUT2D eigenvalue weighted by atomic mass is 32.1. The van der Waals surface area contributed by atoms with Crippen molar-refractivity contribution in [1.29, 1.82) is 0 Å². The van der Waals surface area contributed by atoms with Crippen LogP contribution in [0.2, 0.25) is 0 Å². The number of benzene rings is 1. The first-order valence-corrected chi connectivity index (χ1v) is 9.91. The third kappa shape index (κ3) is 6.28. The molecule has 0 aliphatic carbocycles. The molecular weight excluding hydrogens is 346 g/mol. The summed E-state index contributed by atoms with van der Waals surface area (Å²) in [5.41, 5.74) is 2.41. The number of hydrogen-bond acceptors (Lipinski definition) is 4. The van der Waals surface area contributed by atoms with E-state index in [9.17, 15) is 9.59 Å². The van der Waals surface area contributed by atoms with Gasteiger partial charge in [-0.3, -0.25) is 14.9 Å². The molecule has 140 valence electrons. The minimum atomic E-state index is -0.191. The van der Waals surface area contributed by atoms with E-state index in [0.29, 0.717) is 6.54 Å². The number of aryl methyl sites for hydroxylation is 1. The normalized spacial score (nSPS) is 11.8. The molecule has 2 amide bonds. The van der Waals surface area contributed by atoms with Gasteiger partial charge in [0.15, 0.2) is 0 Å². The number of amides is 2. The molecule has 1 atom stereocenters. The van der Waals surface area contributed by atoms with Gasteiger partial charge in [0, 0.05) is 11.4 Å². The van der Waals surface area contributed by atoms with Gasteiger partial charge in [-0.2, -0.15) is 0 Å². The van der Waals surface area contributed by atoms with Gasteiger partial charge in [0.05, 0.1) is 19.1 Å². The smallest absolute Gasteiger partial charge is 0.239 e. The topological polar surface area (TPSA) is 70.2 Å². The van der Waals surface area contributed by atoms with Gasteiger partial charge in [-0.05, 0) is 35.4 Å². The van der Waals surface area contributed by atoms with Crippen LogP contribution in [0, 0.1) is 0 Å². The molecule has 1 aromatic heterocycles. The maximum atomic E-state index is 12.1. The highest BCUT2D eigenvalue weighted by Gasteiger charge is 2.16. The first kappa shape index (κ1) is 20.1. The number of carbonyl (C=O) groups excluding carboxylic acids is 2. The zero-order valence-corrected chi connectivity index (χ0v) is 16.2. The molecule has 0 saturated heterocycles. The maximum absolute atomic E-state index is 12.1. The third-order valence-electron chi connectivity index (χ3n) is 4.03. The van der Waals surface area contributed by atoms with Crippen molar-refractivity contribution in [3.63, 3.8) is 0 Å². The van der Waals surface area contributed by atoms with Crippen LogP contribution in [0.4, 0.5) is 0 Å². The summed E-state index contributed by atoms with van der Waals surface area (Å²) in [6.07, 6.45) is 1.88. The first-order chi connectivity index (χ1) is 12.6. The molecule has 2 rings (SSSR count). The average molecular weight is 374 g/mol. The molecule has 0 spiro atoms. The second kappa shape index (κ2) is 10.7. The Labute approximate surface area is 159 Å². The van der Waals surface area contributed by atoms with Gasteiger partial charge < -0.3 is 10.6 Å². The van der Waals surface area contributed by atoms with Gasteiger partial charge in [-0.1, -0.05) is 44.2 Å². The van der Waals surface area contributed by atoms with Crippen molar-refractivity contribution < 1.29 is 9.59 Å². The van der Waals surface area contributed by atoms with Crippen LogP contribution in [-0.2, 0) is 16.0 Å². The lowest BCUT2D eigenvalue weighted by molar-refractivity contribution is -0.125. The highest BCUT2D eigenvalue weighted by molar-refractivity contribution is 7.10. The van der Waals surface area contributed by atoms with E-state index in [2.05, 4.69) is 53.2 Å². The zero-order chi connectivity index (χ0) is 18.8. The molecule has 0 bridgehead atoms. The third-order valence-corrected chi connectivity index (χ3v) is 4.97. The van der Waals surface area contributed by atoms with Crippen LogP contribution in [0.3, 0.4) is 0 Å². The summed E-state index contributed by atoms with van der Waals surface area (Å²) < 4.78 is 0. The number of rotatable bonds is 10. The van der Waals surface area contributed by atoms with Gasteiger partial charge in [0.2, 0.25) is 11.8 Å². The van der Waals surface area contributed by atoms with Crippen LogP contribution in [0.1, 0.15) is 42.3 Å². The molecule has 0 unspecified atom stereocenters. The lowest BCUT2D eigenvalue weighted by Gasteiger charge is -2.18. The molecule has 5 nitrogen and oxygen atoms in total. The van der Waals surface area contributed by atoms with Crippen LogP contribution in [0.25, 0.3) is 0 Å². The molecule has 2 aromatic rings. The number of carbonyl (C=O) groups is 2. The van der Waals surface area contributed by atoms with Crippen molar-refractivity contribution in [2.24, 2.45) is 0 Å². The van der Waals surface area contributed by atoms with E-state index in [4.69, 9.17) is 0 Å². The zero-order valence-electron chi connectivity index (χ0n) is 15.4. The Hall–Kier alpha value is -2.18. The molecular formula is C20H27N3O2S. The molecule has 0 fully saturated rings. The Morgan fingerprint density at radius 1 is 1.00 bits per heavy atom. The van der Waals surface area contributed by atoms with Crippen molar-refractivity contribution >= 4 is 23.2 Å². The summed E-state index contributed by atoms with van der Waals surface area (Å²) in [7, 11) is 0. The molecule has 6 heteroatoms. The SMILES string of the molecule is CCCNC(=O)CNC(=O)CN[C@@H](c1ccc(CC)cc1)c1cccs1. The highest BCUT2D eigenvalue weighted by Crippen LogP contribution is 2.26. The Morgan fingerprint density at radius 2 is 1.73 bits per heavy atom. The average Bonchev–Trinajstić information content (AvgIpc) is 3.19. The van der Waals surface area contributed by atoms with Crippen LogP contribution >= 0.6 is 11.3 Å². The summed E-state index contributed by atoms with van der Waals surface area (Å²) in [5.74, 6) is -0.353. The number of hydrogen-bond donors (Lipinski definition) is 3. The summed E-state index contributed by atoms with van der Waals surface area (Å²) >= 11 is 1.66. The summed E-state index contributed by atoms with van der Waals surface area (Å²) in [5, 5.41) is 10.7. The standard InChI is InChI=1S/C20H27N3O2S/c1-3-11-21-18(24)13-22-19(25)14-23-20(17-6-5-12-26-17)16-9-7-15(4-2)8-10-16/h5-10,12,20,23H,3-4,11,13-14H2,1-2H3,(H,21,24)(H,22,25)/t20-/m0/s1. The largest absolute Gasteiger partial charge is 0.355 e. The molecule has 0 aliphatic rings. The van der Waals surface area contributed by atoms with E-state index in [0.717, 1.165) is 23.3 Å². The van der Waals surface area contributed by atoms with E-state index < -0.39 is 0 Å². The molecule has 1 heterocycles. The summed E-state index contributed by atoms with van der Waals surface area (Å²) in [6.45, 7) is 4.90. The predicted octanol–water partition coefficient (Wildman–Crippen LogP) is 2.63. The minimum absolute atomic E-state index is 0.00930. The summed E-state index contributed by atoms with van der Waals surface area (Å²) in [4.78, 5) is 24.8. The van der Waals surface area contributed by atoms with Crippen LogP contribution in [0.15, 0.2) is 41.8 Å². The molecule has 0 aliphatic heterocycles. The lowest BCUT2D eigenvalue weighted by atomic mass is 10.0. The predicted molar refractivity (Wildman–Crippen MR) is 106 cm³/mol. The van der Waals surface area contributed by atoms with Gasteiger partial charge in [-0.15, -0.1) is 11.3 Å². The Morgan fingerprint density at radius 3 is 2.35 bits per heavy atom. The fourth-order valence-corrected chi connectivity index (χ4v) is 3.37. The maximum Gasteiger partial charge on any atom is 0.239 e. The molecule has 1 aromatic carbocycles. The number of thiophene rings is 1. The fourth-order valence-electron chi connectivity index (χ4n) is 2.55. The van der Waals surface area contributed by atoms with Crippen LogP contribution in [-0.4, -0.2) is 31.4 Å². The molecule has 0 saturated carbocycles. The van der Waals surface area contributed by atoms with Crippen LogP contribution in [0.5, 0.6) is 0 Å². The van der Waals surface area contributed by atoms with E-state index in [1.165, 1.54) is 5.56 Å². The Bertz CT molecular complexity index is 684. The summed E-state index contributed by atoms with van der Waals surface area (Å²) in [6, 6.07) is 12.5. The van der Waals surface area contributed by atoms with Gasteiger partial charge >= 0.3 is 0 Å². The second-order valence-corrected chi connectivity index (χ2v) is 7.03. The van der Waals surface area contributed by atoms with E-state index >= 15 is 0 Å². The quantitative estimate of drug-likeness (QED) is 0.600. The number of nitrogens with one attached hydrogen (secondary N) is 3. The van der Waals surface area contributed by atoms with E-state index in [1.54, 1.807) is 11.3 Å². The van der Waals surface area contributed by atoms with Gasteiger partial charge in [0.25, 0.3) is 0 Å². The van der Waals surface area contributed by atoms with Crippen LogP contribution < -0.4 is 16.0 Å². The van der Waals surface area contributed by atoms with Gasteiger partial charge in [0.1, 0.15) is 0 Å². The van der Waals surface area contributed by atoms with Crippen molar-refractivity contribution in [2.75, 3.05) is 19.6 Å². The lowest BCUT2D eigenvalue weighted by Crippen LogP contribution is -2.41. The first-order valence-electron chi connectivity index (χ1n) is 9.03. The Balaban J connectivity index is 1.93. The second-order valence-electron chi connectivity index (χ2n) is 6.05. The van der Waals surface area contributed by atoms with Crippen molar-refractivity contribution in [3.8, 4) is 0 Å². The van der Waals surface area contributed by atoms with Gasteiger partial charge in [-0.25, -0.2) is 0 Å². The monoisotopic (exact) mass is 373 g/mol. The minimum Gasteiger partial charge on any atom is -0.355 e.